The highest BCUT2D eigenvalue weighted by atomic mass is 16.4. The van der Waals surface area contributed by atoms with Gasteiger partial charge in [-0.3, -0.25) is 19.6 Å². The van der Waals surface area contributed by atoms with E-state index in [1.54, 1.807) is 29.4 Å². The first kappa shape index (κ1) is 18.2. The summed E-state index contributed by atoms with van der Waals surface area (Å²) in [6.07, 6.45) is 2.42. The van der Waals surface area contributed by atoms with E-state index in [0.717, 1.165) is 4.90 Å². The van der Waals surface area contributed by atoms with Crippen molar-refractivity contribution in [1.82, 2.24) is 14.8 Å². The molecule has 2 atom stereocenters. The molecule has 140 valence electrons. The van der Waals surface area contributed by atoms with Crippen LogP contribution in [0, 0.1) is 11.3 Å². The van der Waals surface area contributed by atoms with E-state index in [4.69, 9.17) is 0 Å². The minimum Gasteiger partial charge on any atom is -0.465 e. The molecule has 2 unspecified atom stereocenters. The number of carbonyl (C=O) groups excluding carboxylic acids is 2. The molecule has 1 spiro atoms. The number of nitrogens with zero attached hydrogens (tertiary/aromatic N) is 4. The fourth-order valence-corrected chi connectivity index (χ4v) is 4.26. The third-order valence-electron chi connectivity index (χ3n) is 5.53. The maximum atomic E-state index is 13.3. The zero-order valence-electron chi connectivity index (χ0n) is 15.5. The number of amides is 4. The van der Waals surface area contributed by atoms with Crippen LogP contribution in [0.4, 0.5) is 15.3 Å². The van der Waals surface area contributed by atoms with Gasteiger partial charge in [0.15, 0.2) is 0 Å². The second-order valence-corrected chi connectivity index (χ2v) is 8.01. The van der Waals surface area contributed by atoms with Crippen molar-refractivity contribution in [3.63, 3.8) is 0 Å². The molecule has 26 heavy (non-hydrogen) atoms. The van der Waals surface area contributed by atoms with E-state index in [1.165, 1.54) is 11.9 Å². The molecule has 1 aromatic heterocycles. The first-order chi connectivity index (χ1) is 12.1. The number of carboxylic acid groups (broad SMARTS) is 1. The SMILES string of the molecule is CN1C(=O)N(c2ccncc2)C2(CCN(C(=O)O)CC2C(C)(C)C)C1=O. The van der Waals surface area contributed by atoms with Crippen LogP contribution in [0.1, 0.15) is 27.2 Å². The van der Waals surface area contributed by atoms with Crippen molar-refractivity contribution in [3.05, 3.63) is 24.5 Å². The Balaban J connectivity index is 2.17. The number of aromatic nitrogens is 1. The lowest BCUT2D eigenvalue weighted by Gasteiger charge is -2.51. The number of piperidine rings is 1. The largest absolute Gasteiger partial charge is 0.465 e. The average molecular weight is 360 g/mol. The summed E-state index contributed by atoms with van der Waals surface area (Å²) in [5, 5.41) is 9.45. The Labute approximate surface area is 152 Å². The monoisotopic (exact) mass is 360 g/mol. The van der Waals surface area contributed by atoms with E-state index in [0.29, 0.717) is 5.69 Å². The fourth-order valence-electron chi connectivity index (χ4n) is 4.26. The molecule has 0 aliphatic carbocycles. The van der Waals surface area contributed by atoms with E-state index in [9.17, 15) is 19.5 Å². The molecule has 0 radical (unpaired) electrons. The molecule has 2 fully saturated rings. The van der Waals surface area contributed by atoms with Crippen molar-refractivity contribution >= 4 is 23.7 Å². The zero-order valence-corrected chi connectivity index (χ0v) is 15.5. The smallest absolute Gasteiger partial charge is 0.407 e. The number of pyridine rings is 1. The third-order valence-corrected chi connectivity index (χ3v) is 5.53. The zero-order chi connectivity index (χ0) is 19.3. The van der Waals surface area contributed by atoms with Crippen molar-refractivity contribution < 1.29 is 19.5 Å². The van der Waals surface area contributed by atoms with Crippen LogP contribution in [-0.4, -0.2) is 63.6 Å². The standard InChI is InChI=1S/C18H24N4O4/c1-17(2,3)13-11-21(16(25)26)10-7-18(13)14(23)20(4)15(24)22(18)12-5-8-19-9-6-12/h5-6,8-9,13H,7,10-11H2,1-4H3,(H,25,26). The predicted octanol–water partition coefficient (Wildman–Crippen LogP) is 2.26. The summed E-state index contributed by atoms with van der Waals surface area (Å²) in [6.45, 7) is 6.34. The Morgan fingerprint density at radius 1 is 1.27 bits per heavy atom. The molecule has 1 aromatic rings. The molecule has 8 nitrogen and oxygen atoms in total. The molecule has 3 rings (SSSR count). The molecule has 4 amide bonds. The quantitative estimate of drug-likeness (QED) is 0.775. The first-order valence-corrected chi connectivity index (χ1v) is 8.61. The summed E-state index contributed by atoms with van der Waals surface area (Å²) in [4.78, 5) is 45.8. The summed E-state index contributed by atoms with van der Waals surface area (Å²) >= 11 is 0. The van der Waals surface area contributed by atoms with Crippen LogP contribution >= 0.6 is 0 Å². The van der Waals surface area contributed by atoms with Crippen LogP contribution in [0.2, 0.25) is 0 Å². The van der Waals surface area contributed by atoms with Crippen molar-refractivity contribution in [3.8, 4) is 0 Å². The summed E-state index contributed by atoms with van der Waals surface area (Å²) in [5.74, 6) is -0.626. The lowest BCUT2D eigenvalue weighted by Crippen LogP contribution is -2.66. The van der Waals surface area contributed by atoms with Gasteiger partial charge in [-0.2, -0.15) is 0 Å². The van der Waals surface area contributed by atoms with E-state index < -0.39 is 11.6 Å². The molecule has 2 aliphatic rings. The lowest BCUT2D eigenvalue weighted by molar-refractivity contribution is -0.136. The van der Waals surface area contributed by atoms with Gasteiger partial charge in [0.05, 0.1) is 0 Å². The molecule has 1 N–H and O–H groups in total. The topological polar surface area (TPSA) is 94.1 Å². The first-order valence-electron chi connectivity index (χ1n) is 8.61. The number of hydrogen-bond donors (Lipinski definition) is 1. The number of anilines is 1. The van der Waals surface area contributed by atoms with Gasteiger partial charge in [0, 0.05) is 44.1 Å². The van der Waals surface area contributed by atoms with Gasteiger partial charge in [0.1, 0.15) is 5.54 Å². The molecule has 8 heteroatoms. The average Bonchev–Trinajstić information content (AvgIpc) is 2.77. The van der Waals surface area contributed by atoms with Gasteiger partial charge in [0.2, 0.25) is 0 Å². The van der Waals surface area contributed by atoms with Crippen LogP contribution in [0.25, 0.3) is 0 Å². The van der Waals surface area contributed by atoms with Gasteiger partial charge in [-0.15, -0.1) is 0 Å². The maximum Gasteiger partial charge on any atom is 0.407 e. The van der Waals surface area contributed by atoms with E-state index in [1.807, 2.05) is 20.8 Å². The van der Waals surface area contributed by atoms with Gasteiger partial charge in [0.25, 0.3) is 5.91 Å². The second kappa shape index (κ2) is 5.96. The van der Waals surface area contributed by atoms with Crippen LogP contribution < -0.4 is 4.90 Å². The van der Waals surface area contributed by atoms with Gasteiger partial charge >= 0.3 is 12.1 Å². The molecule has 0 aromatic carbocycles. The molecule has 2 aliphatic heterocycles. The molecule has 0 bridgehead atoms. The predicted molar refractivity (Wildman–Crippen MR) is 94.8 cm³/mol. The fraction of sp³-hybridized carbons (Fsp3) is 0.556. The minimum atomic E-state index is -1.10. The Morgan fingerprint density at radius 2 is 1.88 bits per heavy atom. The molecular weight excluding hydrogens is 336 g/mol. The van der Waals surface area contributed by atoms with Gasteiger partial charge in [-0.1, -0.05) is 20.8 Å². The van der Waals surface area contributed by atoms with Crippen molar-refractivity contribution in [2.24, 2.45) is 11.3 Å². The Kier molecular flexibility index (Phi) is 4.17. The molecular formula is C18H24N4O4. The highest BCUT2D eigenvalue weighted by molar-refractivity contribution is 6.17. The number of imide groups is 1. The minimum absolute atomic E-state index is 0.202. The normalized spacial score (nSPS) is 26.8. The molecule has 3 heterocycles. The Morgan fingerprint density at radius 3 is 2.42 bits per heavy atom. The summed E-state index contributed by atoms with van der Waals surface area (Å²) in [7, 11) is 1.48. The Hall–Kier alpha value is -2.64. The van der Waals surface area contributed by atoms with Crippen molar-refractivity contribution in [2.75, 3.05) is 25.0 Å². The van der Waals surface area contributed by atoms with Crippen LogP contribution in [0.3, 0.4) is 0 Å². The van der Waals surface area contributed by atoms with Crippen LogP contribution in [-0.2, 0) is 4.79 Å². The van der Waals surface area contributed by atoms with E-state index >= 15 is 0 Å². The number of hydrogen-bond acceptors (Lipinski definition) is 4. The van der Waals surface area contributed by atoms with E-state index in [2.05, 4.69) is 4.98 Å². The third kappa shape index (κ3) is 2.51. The lowest BCUT2D eigenvalue weighted by atomic mass is 9.64. The maximum absolute atomic E-state index is 13.3. The van der Waals surface area contributed by atoms with Crippen LogP contribution in [0.5, 0.6) is 0 Å². The number of likely N-dealkylation sites (tertiary alicyclic amines) is 1. The van der Waals surface area contributed by atoms with E-state index in [-0.39, 0.29) is 42.8 Å². The number of rotatable bonds is 1. The summed E-state index contributed by atoms with van der Waals surface area (Å²) in [5.41, 5.74) is -0.890. The number of carbonyl (C=O) groups is 3. The van der Waals surface area contributed by atoms with Crippen LogP contribution in [0.15, 0.2) is 24.5 Å². The van der Waals surface area contributed by atoms with Crippen molar-refractivity contribution in [1.29, 1.82) is 0 Å². The van der Waals surface area contributed by atoms with Gasteiger partial charge in [-0.05, 0) is 24.0 Å². The summed E-state index contributed by atoms with van der Waals surface area (Å²) in [6, 6.07) is 3.02. The number of urea groups is 1. The molecule has 2 saturated heterocycles. The second-order valence-electron chi connectivity index (χ2n) is 8.01. The highest BCUT2D eigenvalue weighted by Crippen LogP contribution is 2.49. The van der Waals surface area contributed by atoms with Gasteiger partial charge in [-0.25, -0.2) is 9.59 Å². The highest BCUT2D eigenvalue weighted by Gasteiger charge is 2.64. The molecule has 0 saturated carbocycles. The number of likely N-dealkylation sites (N-methyl/N-ethyl adjacent to an activating group) is 1. The Bertz CT molecular complexity index is 745. The summed E-state index contributed by atoms with van der Waals surface area (Å²) < 4.78 is 0. The van der Waals surface area contributed by atoms with Crippen molar-refractivity contribution in [2.45, 2.75) is 32.7 Å². The van der Waals surface area contributed by atoms with Gasteiger partial charge < -0.3 is 10.0 Å².